The second-order valence-corrected chi connectivity index (χ2v) is 7.57. The van der Waals surface area contributed by atoms with Crippen LogP contribution in [0.4, 0.5) is 5.00 Å². The summed E-state index contributed by atoms with van der Waals surface area (Å²) in [6.07, 6.45) is 3.63. The lowest BCUT2D eigenvalue weighted by Gasteiger charge is -2.40. The lowest BCUT2D eigenvalue weighted by atomic mass is 10.2. The molecule has 3 aromatic heterocycles. The average molecular weight is 399 g/mol. The molecule has 8 nitrogen and oxygen atoms in total. The number of rotatable bonds is 4. The number of thiazole rings is 1. The summed E-state index contributed by atoms with van der Waals surface area (Å²) in [6, 6.07) is 5.86. The Kier molecular flexibility index (Phi) is 4.99. The van der Waals surface area contributed by atoms with E-state index in [9.17, 15) is 9.59 Å². The molecule has 28 heavy (non-hydrogen) atoms. The van der Waals surface area contributed by atoms with Crippen LogP contribution in [0.25, 0.3) is 11.0 Å². The maximum absolute atomic E-state index is 12.9. The quantitative estimate of drug-likeness (QED) is 0.625. The van der Waals surface area contributed by atoms with Crippen LogP contribution in [0, 0.1) is 0 Å². The zero-order chi connectivity index (χ0) is 19.7. The molecule has 0 spiro atoms. The van der Waals surface area contributed by atoms with Gasteiger partial charge in [0.05, 0.1) is 12.6 Å². The molecule has 1 fully saturated rings. The van der Waals surface area contributed by atoms with Crippen molar-refractivity contribution in [3.05, 3.63) is 41.8 Å². The molecule has 4 heterocycles. The zero-order valence-electron chi connectivity index (χ0n) is 15.7. The Hall–Kier alpha value is -2.94. The van der Waals surface area contributed by atoms with Crippen molar-refractivity contribution in [2.45, 2.75) is 19.5 Å². The monoisotopic (exact) mass is 399 g/mol. The van der Waals surface area contributed by atoms with Crippen molar-refractivity contribution in [1.29, 1.82) is 0 Å². The van der Waals surface area contributed by atoms with Crippen molar-refractivity contribution in [3.63, 3.8) is 0 Å². The van der Waals surface area contributed by atoms with Gasteiger partial charge in [0.2, 0.25) is 5.91 Å². The standard InChI is InChI=1S/C19H21N5O3S/c1-13-10-23(18-16(19(26)27-2)21-12-28-18)8-9-24(13)15(25)11-22-7-5-14-4-3-6-20-17(14)22/h3-7,12-13H,8-11H2,1-2H3/t13-/m1/s1. The molecule has 0 radical (unpaired) electrons. The number of fused-ring (bicyclic) bond motifs is 1. The smallest absolute Gasteiger partial charge is 0.359 e. The number of anilines is 1. The molecule has 0 N–H and O–H groups in total. The van der Waals surface area contributed by atoms with E-state index in [0.717, 1.165) is 16.0 Å². The molecule has 0 aromatic carbocycles. The molecular weight excluding hydrogens is 378 g/mol. The predicted molar refractivity (Wildman–Crippen MR) is 107 cm³/mol. The second-order valence-electron chi connectivity index (χ2n) is 6.74. The fourth-order valence-corrected chi connectivity index (χ4v) is 4.42. The van der Waals surface area contributed by atoms with Crippen molar-refractivity contribution < 1.29 is 14.3 Å². The van der Waals surface area contributed by atoms with E-state index in [1.54, 1.807) is 11.7 Å². The van der Waals surface area contributed by atoms with Crippen molar-refractivity contribution in [1.82, 2.24) is 19.4 Å². The molecule has 1 saturated heterocycles. The zero-order valence-corrected chi connectivity index (χ0v) is 16.6. The predicted octanol–water partition coefficient (Wildman–Crippen LogP) is 2.02. The van der Waals surface area contributed by atoms with Gasteiger partial charge in [0.1, 0.15) is 17.2 Å². The number of pyridine rings is 1. The molecule has 1 aliphatic rings. The summed E-state index contributed by atoms with van der Waals surface area (Å²) >= 11 is 1.41. The number of nitrogens with zero attached hydrogens (tertiary/aromatic N) is 5. The normalized spacial score (nSPS) is 17.1. The van der Waals surface area contributed by atoms with Crippen LogP contribution in [0.3, 0.4) is 0 Å². The molecule has 0 aliphatic carbocycles. The summed E-state index contributed by atoms with van der Waals surface area (Å²) in [7, 11) is 1.35. The molecule has 9 heteroatoms. The Morgan fingerprint density at radius 2 is 2.14 bits per heavy atom. The van der Waals surface area contributed by atoms with Crippen LogP contribution < -0.4 is 4.90 Å². The number of carbonyl (C=O) groups excluding carboxylic acids is 2. The largest absolute Gasteiger partial charge is 0.464 e. The molecule has 4 rings (SSSR count). The van der Waals surface area contributed by atoms with Gasteiger partial charge in [0, 0.05) is 43.5 Å². The van der Waals surface area contributed by atoms with E-state index >= 15 is 0 Å². The van der Waals surface area contributed by atoms with Crippen molar-refractivity contribution in [2.75, 3.05) is 31.6 Å². The van der Waals surface area contributed by atoms with Crippen molar-refractivity contribution in [3.8, 4) is 0 Å². The first-order valence-electron chi connectivity index (χ1n) is 9.04. The molecule has 1 aliphatic heterocycles. The van der Waals surface area contributed by atoms with Gasteiger partial charge in [-0.3, -0.25) is 4.79 Å². The van der Waals surface area contributed by atoms with Crippen LogP contribution in [-0.2, 0) is 16.1 Å². The summed E-state index contributed by atoms with van der Waals surface area (Å²) in [5, 5.41) is 1.82. The highest BCUT2D eigenvalue weighted by atomic mass is 32.1. The van der Waals surface area contributed by atoms with Crippen LogP contribution in [0.2, 0.25) is 0 Å². The molecule has 1 amide bonds. The fraction of sp³-hybridized carbons (Fsp3) is 0.368. The van der Waals surface area contributed by atoms with E-state index < -0.39 is 5.97 Å². The first-order valence-corrected chi connectivity index (χ1v) is 9.92. The number of carbonyl (C=O) groups is 2. The van der Waals surface area contributed by atoms with Gasteiger partial charge in [-0.2, -0.15) is 0 Å². The molecule has 3 aromatic rings. The SMILES string of the molecule is COC(=O)c1ncsc1N1CCN(C(=O)Cn2ccc3cccnc32)[C@H](C)C1. The molecule has 1 atom stereocenters. The maximum atomic E-state index is 12.9. The Morgan fingerprint density at radius 3 is 2.93 bits per heavy atom. The number of ether oxygens (including phenoxy) is 1. The number of hydrogen-bond acceptors (Lipinski definition) is 7. The van der Waals surface area contributed by atoms with Gasteiger partial charge in [-0.15, -0.1) is 11.3 Å². The molecule has 0 unspecified atom stereocenters. The van der Waals surface area contributed by atoms with E-state index in [1.807, 2.05) is 40.8 Å². The fourth-order valence-electron chi connectivity index (χ4n) is 3.60. The number of hydrogen-bond donors (Lipinski definition) is 0. The topological polar surface area (TPSA) is 80.6 Å². The third kappa shape index (κ3) is 3.33. The molecule has 0 bridgehead atoms. The number of piperazine rings is 1. The third-order valence-electron chi connectivity index (χ3n) is 4.99. The van der Waals surface area contributed by atoms with Gasteiger partial charge in [0.25, 0.3) is 0 Å². The van der Waals surface area contributed by atoms with E-state index in [1.165, 1.54) is 18.4 Å². The average Bonchev–Trinajstić information content (AvgIpc) is 3.35. The van der Waals surface area contributed by atoms with Crippen molar-refractivity contribution in [2.24, 2.45) is 0 Å². The Labute approximate surface area is 166 Å². The summed E-state index contributed by atoms with van der Waals surface area (Å²) < 4.78 is 6.70. The van der Waals surface area contributed by atoms with Crippen LogP contribution in [-0.4, -0.2) is 64.1 Å². The van der Waals surface area contributed by atoms with E-state index in [0.29, 0.717) is 25.3 Å². The maximum Gasteiger partial charge on any atom is 0.359 e. The number of methoxy groups -OCH3 is 1. The summed E-state index contributed by atoms with van der Waals surface area (Å²) in [5.74, 6) is -0.373. The first-order chi connectivity index (χ1) is 13.6. The lowest BCUT2D eigenvalue weighted by molar-refractivity contribution is -0.134. The lowest BCUT2D eigenvalue weighted by Crippen LogP contribution is -2.54. The minimum absolute atomic E-state index is 0.0173. The highest BCUT2D eigenvalue weighted by Crippen LogP contribution is 2.28. The first kappa shape index (κ1) is 18.4. The summed E-state index contributed by atoms with van der Waals surface area (Å²) in [4.78, 5) is 37.3. The van der Waals surface area contributed by atoms with E-state index in [4.69, 9.17) is 4.74 Å². The van der Waals surface area contributed by atoms with Gasteiger partial charge in [-0.25, -0.2) is 14.8 Å². The van der Waals surface area contributed by atoms with Gasteiger partial charge in [0.15, 0.2) is 5.69 Å². The third-order valence-corrected chi connectivity index (χ3v) is 5.88. The van der Waals surface area contributed by atoms with Gasteiger partial charge >= 0.3 is 5.97 Å². The van der Waals surface area contributed by atoms with E-state index in [-0.39, 0.29) is 18.5 Å². The molecule has 146 valence electrons. The van der Waals surface area contributed by atoms with Crippen LogP contribution in [0.5, 0.6) is 0 Å². The van der Waals surface area contributed by atoms with Gasteiger partial charge < -0.3 is 19.1 Å². The van der Waals surface area contributed by atoms with E-state index in [2.05, 4.69) is 14.9 Å². The Morgan fingerprint density at radius 1 is 1.29 bits per heavy atom. The van der Waals surface area contributed by atoms with Crippen LogP contribution in [0.15, 0.2) is 36.1 Å². The van der Waals surface area contributed by atoms with Crippen LogP contribution >= 0.6 is 11.3 Å². The van der Waals surface area contributed by atoms with Crippen molar-refractivity contribution >= 4 is 39.2 Å². The second kappa shape index (κ2) is 7.59. The Bertz CT molecular complexity index is 1010. The molecular formula is C19H21N5O3S. The minimum Gasteiger partial charge on any atom is -0.464 e. The highest BCUT2D eigenvalue weighted by Gasteiger charge is 2.30. The van der Waals surface area contributed by atoms with Crippen LogP contribution in [0.1, 0.15) is 17.4 Å². The Balaban J connectivity index is 1.45. The number of amides is 1. The highest BCUT2D eigenvalue weighted by molar-refractivity contribution is 7.14. The number of aromatic nitrogens is 3. The van der Waals surface area contributed by atoms with Gasteiger partial charge in [-0.05, 0) is 25.1 Å². The minimum atomic E-state index is -0.436. The molecule has 0 saturated carbocycles. The van der Waals surface area contributed by atoms with Gasteiger partial charge in [-0.1, -0.05) is 0 Å². The summed E-state index contributed by atoms with van der Waals surface area (Å²) in [6.45, 7) is 4.16. The summed E-state index contributed by atoms with van der Waals surface area (Å²) in [5.41, 5.74) is 2.80. The number of esters is 1.